The van der Waals surface area contributed by atoms with Crippen LogP contribution in [-0.2, 0) is 4.79 Å². The van der Waals surface area contributed by atoms with Crippen molar-refractivity contribution in [2.24, 2.45) is 5.92 Å². The molecular formula is C12H14Cl2N2O2. The van der Waals surface area contributed by atoms with E-state index in [1.54, 1.807) is 19.1 Å². The van der Waals surface area contributed by atoms with Gasteiger partial charge in [-0.05, 0) is 18.2 Å². The van der Waals surface area contributed by atoms with Crippen molar-refractivity contribution in [3.63, 3.8) is 0 Å². The van der Waals surface area contributed by atoms with E-state index in [9.17, 15) is 9.59 Å². The molecule has 0 saturated heterocycles. The Hall–Kier alpha value is -1.26. The van der Waals surface area contributed by atoms with Crippen molar-refractivity contribution in [3.05, 3.63) is 28.8 Å². The van der Waals surface area contributed by atoms with E-state index in [2.05, 4.69) is 10.6 Å². The molecule has 0 saturated carbocycles. The predicted octanol–water partition coefficient (Wildman–Crippen LogP) is 2.51. The van der Waals surface area contributed by atoms with Crippen LogP contribution in [0.5, 0.6) is 0 Å². The fourth-order valence-corrected chi connectivity index (χ4v) is 1.59. The minimum absolute atomic E-state index is 0.199. The zero-order valence-corrected chi connectivity index (χ0v) is 11.6. The van der Waals surface area contributed by atoms with Gasteiger partial charge >= 0.3 is 0 Å². The summed E-state index contributed by atoms with van der Waals surface area (Å²) in [5, 5.41) is 5.49. The maximum atomic E-state index is 11.7. The van der Waals surface area contributed by atoms with Gasteiger partial charge in [-0.3, -0.25) is 9.59 Å². The van der Waals surface area contributed by atoms with E-state index in [0.717, 1.165) is 0 Å². The third-order valence-corrected chi connectivity index (χ3v) is 3.18. The van der Waals surface area contributed by atoms with Gasteiger partial charge in [-0.15, -0.1) is 11.6 Å². The molecule has 1 aromatic rings. The summed E-state index contributed by atoms with van der Waals surface area (Å²) in [6.07, 6.45) is 0. The van der Waals surface area contributed by atoms with E-state index in [1.807, 2.05) is 0 Å². The molecule has 6 heteroatoms. The van der Waals surface area contributed by atoms with Crippen LogP contribution in [0.15, 0.2) is 18.2 Å². The van der Waals surface area contributed by atoms with E-state index >= 15 is 0 Å². The normalized spacial score (nSPS) is 11.8. The molecule has 1 atom stereocenters. The maximum absolute atomic E-state index is 11.7. The zero-order chi connectivity index (χ0) is 13.7. The molecule has 1 rings (SSSR count). The minimum Gasteiger partial charge on any atom is -0.355 e. The Balaban J connectivity index is 2.92. The van der Waals surface area contributed by atoms with Gasteiger partial charge < -0.3 is 10.6 Å². The Morgan fingerprint density at radius 2 is 2.06 bits per heavy atom. The molecule has 1 unspecified atom stereocenters. The Labute approximate surface area is 116 Å². The SMILES string of the molecule is CNC(=O)c1cc(NC(=O)C(C)CCl)ccc1Cl. The molecule has 0 aromatic heterocycles. The highest BCUT2D eigenvalue weighted by atomic mass is 35.5. The first-order valence-corrected chi connectivity index (χ1v) is 6.29. The number of hydrogen-bond donors (Lipinski definition) is 2. The molecule has 4 nitrogen and oxygen atoms in total. The average Bonchev–Trinajstić information content (AvgIpc) is 2.38. The van der Waals surface area contributed by atoms with Crippen molar-refractivity contribution < 1.29 is 9.59 Å². The minimum atomic E-state index is -0.304. The van der Waals surface area contributed by atoms with Gasteiger partial charge in [0.25, 0.3) is 5.91 Å². The molecule has 0 fully saturated rings. The van der Waals surface area contributed by atoms with Gasteiger partial charge in [0, 0.05) is 24.5 Å². The Morgan fingerprint density at radius 1 is 1.39 bits per heavy atom. The van der Waals surface area contributed by atoms with Crippen molar-refractivity contribution in [3.8, 4) is 0 Å². The lowest BCUT2D eigenvalue weighted by molar-refractivity contribution is -0.118. The van der Waals surface area contributed by atoms with Gasteiger partial charge in [-0.25, -0.2) is 0 Å². The van der Waals surface area contributed by atoms with E-state index in [4.69, 9.17) is 23.2 Å². The van der Waals surface area contributed by atoms with Crippen molar-refractivity contribution in [2.45, 2.75) is 6.92 Å². The average molecular weight is 289 g/mol. The lowest BCUT2D eigenvalue weighted by Crippen LogP contribution is -2.22. The van der Waals surface area contributed by atoms with E-state index < -0.39 is 0 Å². The summed E-state index contributed by atoms with van der Waals surface area (Å²) >= 11 is 11.5. The van der Waals surface area contributed by atoms with Crippen LogP contribution in [-0.4, -0.2) is 24.7 Å². The standard InChI is InChI=1S/C12H14Cl2N2O2/c1-7(6-13)11(17)16-8-3-4-10(14)9(5-8)12(18)15-2/h3-5,7H,6H2,1-2H3,(H,15,18)(H,16,17). The number of hydrogen-bond acceptors (Lipinski definition) is 2. The number of anilines is 1. The number of carbonyl (C=O) groups is 2. The quantitative estimate of drug-likeness (QED) is 0.837. The summed E-state index contributed by atoms with van der Waals surface area (Å²) in [7, 11) is 1.51. The first-order valence-electron chi connectivity index (χ1n) is 5.38. The second-order valence-electron chi connectivity index (χ2n) is 3.82. The highest BCUT2D eigenvalue weighted by molar-refractivity contribution is 6.34. The van der Waals surface area contributed by atoms with Crippen LogP contribution in [0.1, 0.15) is 17.3 Å². The van der Waals surface area contributed by atoms with Crippen LogP contribution in [0.25, 0.3) is 0 Å². The summed E-state index contributed by atoms with van der Waals surface area (Å²) in [6, 6.07) is 4.72. The zero-order valence-electron chi connectivity index (χ0n) is 10.1. The number of amides is 2. The molecule has 0 spiro atoms. The summed E-state index contributed by atoms with van der Waals surface area (Å²) in [5.41, 5.74) is 0.829. The number of alkyl halides is 1. The number of carbonyl (C=O) groups excluding carboxylic acids is 2. The molecule has 1 aromatic carbocycles. The topological polar surface area (TPSA) is 58.2 Å². The first-order chi connectivity index (χ1) is 8.49. The van der Waals surface area contributed by atoms with Crippen LogP contribution in [0.4, 0.5) is 5.69 Å². The number of nitrogens with one attached hydrogen (secondary N) is 2. The van der Waals surface area contributed by atoms with Crippen LogP contribution in [0.3, 0.4) is 0 Å². The number of rotatable bonds is 4. The van der Waals surface area contributed by atoms with E-state index in [1.165, 1.54) is 13.1 Å². The Kier molecular flexibility index (Phi) is 5.44. The van der Waals surface area contributed by atoms with Crippen LogP contribution in [0, 0.1) is 5.92 Å². The number of halogens is 2. The van der Waals surface area contributed by atoms with Crippen LogP contribution >= 0.6 is 23.2 Å². The number of benzene rings is 1. The second kappa shape index (κ2) is 6.61. The Morgan fingerprint density at radius 3 is 2.61 bits per heavy atom. The maximum Gasteiger partial charge on any atom is 0.252 e. The van der Waals surface area contributed by atoms with Crippen molar-refractivity contribution in [1.82, 2.24) is 5.32 Å². The molecule has 0 aliphatic carbocycles. The summed E-state index contributed by atoms with van der Waals surface area (Å²) in [4.78, 5) is 23.2. The summed E-state index contributed by atoms with van der Waals surface area (Å²) < 4.78 is 0. The fourth-order valence-electron chi connectivity index (χ4n) is 1.25. The molecule has 0 bridgehead atoms. The van der Waals surface area contributed by atoms with Gasteiger partial charge in [0.2, 0.25) is 5.91 Å². The molecular weight excluding hydrogens is 275 g/mol. The molecule has 0 aliphatic heterocycles. The lowest BCUT2D eigenvalue weighted by atomic mass is 10.1. The summed E-state index contributed by atoms with van der Waals surface area (Å²) in [5.74, 6) is -0.565. The molecule has 0 aliphatic rings. The van der Waals surface area contributed by atoms with Gasteiger partial charge in [-0.2, -0.15) is 0 Å². The van der Waals surface area contributed by atoms with Gasteiger partial charge in [0.1, 0.15) is 0 Å². The molecule has 0 heterocycles. The highest BCUT2D eigenvalue weighted by Gasteiger charge is 2.14. The first kappa shape index (κ1) is 14.8. The Bertz CT molecular complexity index is 463. The van der Waals surface area contributed by atoms with Gasteiger partial charge in [-0.1, -0.05) is 18.5 Å². The van der Waals surface area contributed by atoms with Gasteiger partial charge in [0.15, 0.2) is 0 Å². The molecule has 2 amide bonds. The second-order valence-corrected chi connectivity index (χ2v) is 4.53. The lowest BCUT2D eigenvalue weighted by Gasteiger charge is -2.11. The molecule has 98 valence electrons. The third kappa shape index (κ3) is 3.62. The van der Waals surface area contributed by atoms with Gasteiger partial charge in [0.05, 0.1) is 10.6 Å². The van der Waals surface area contributed by atoms with Crippen molar-refractivity contribution in [1.29, 1.82) is 0 Å². The van der Waals surface area contributed by atoms with Crippen molar-refractivity contribution >= 4 is 40.7 Å². The van der Waals surface area contributed by atoms with Crippen molar-refractivity contribution in [2.75, 3.05) is 18.2 Å². The molecule has 18 heavy (non-hydrogen) atoms. The molecule has 0 radical (unpaired) electrons. The van der Waals surface area contributed by atoms with Crippen LogP contribution < -0.4 is 10.6 Å². The van der Waals surface area contributed by atoms with Crippen LogP contribution in [0.2, 0.25) is 5.02 Å². The summed E-state index contributed by atoms with van der Waals surface area (Å²) in [6.45, 7) is 1.72. The monoisotopic (exact) mass is 288 g/mol. The third-order valence-electron chi connectivity index (χ3n) is 2.38. The predicted molar refractivity (Wildman–Crippen MR) is 73.4 cm³/mol. The molecule has 2 N–H and O–H groups in total. The van der Waals surface area contributed by atoms with E-state index in [-0.39, 0.29) is 23.6 Å². The smallest absolute Gasteiger partial charge is 0.252 e. The highest BCUT2D eigenvalue weighted by Crippen LogP contribution is 2.21. The largest absolute Gasteiger partial charge is 0.355 e. The van der Waals surface area contributed by atoms with E-state index in [0.29, 0.717) is 16.3 Å². The fraction of sp³-hybridized carbons (Fsp3) is 0.333.